The van der Waals surface area contributed by atoms with Crippen molar-refractivity contribution < 1.29 is 14.2 Å². The number of likely N-dealkylation sites (N-methyl/N-ethyl adjacent to an activating group) is 1. The first-order chi connectivity index (χ1) is 22.9. The molecule has 47 heavy (non-hydrogen) atoms. The van der Waals surface area contributed by atoms with Crippen molar-refractivity contribution in [2.45, 2.75) is 74.5 Å². The van der Waals surface area contributed by atoms with Gasteiger partial charge in [-0.15, -0.1) is 0 Å². The first-order valence-corrected chi connectivity index (χ1v) is 17.0. The highest BCUT2D eigenvalue weighted by Crippen LogP contribution is 2.36. The Bertz CT molecular complexity index is 1420. The van der Waals surface area contributed by atoms with Gasteiger partial charge in [-0.3, -0.25) is 9.89 Å². The van der Waals surface area contributed by atoms with Crippen molar-refractivity contribution in [2.24, 2.45) is 4.99 Å². The quantitative estimate of drug-likeness (QED) is 0.279. The lowest BCUT2D eigenvalue weighted by molar-refractivity contribution is 0.145. The molecule has 1 fully saturated rings. The Hall–Kier alpha value is -4.02. The standard InChI is InChI=1S/C31H39N7O3.3C2H6/c1-21-9-15-40-22(2)25(18-32-3)31-33-10-8-29(36-31)35-30-17-28(41-21)26(19-34-30)23-6-7-24(27(16-23)39-5)20-38-13-11-37(4)12-14-38;3*1-2/h6-8,10,16-19,21H,9,11-15,20H2,1-5H3,(H,33,34,35,36);3*1-2H3/b25-22-,32-18?;;;/t21-;;;/m0.../s1. The van der Waals surface area contributed by atoms with Gasteiger partial charge in [0.05, 0.1) is 25.4 Å². The molecule has 3 aromatic rings. The summed E-state index contributed by atoms with van der Waals surface area (Å²) in [6.07, 6.45) is 5.85. The summed E-state index contributed by atoms with van der Waals surface area (Å²) < 4.78 is 18.4. The zero-order valence-electron chi connectivity index (χ0n) is 30.6. The van der Waals surface area contributed by atoms with Crippen LogP contribution in [0.5, 0.6) is 11.5 Å². The van der Waals surface area contributed by atoms with Crippen molar-refractivity contribution in [2.75, 3.05) is 59.3 Å². The van der Waals surface area contributed by atoms with E-state index in [1.807, 2.05) is 67.7 Å². The van der Waals surface area contributed by atoms with Crippen molar-refractivity contribution in [1.82, 2.24) is 24.8 Å². The lowest BCUT2D eigenvalue weighted by atomic mass is 10.0. The summed E-state index contributed by atoms with van der Waals surface area (Å²) in [6.45, 7) is 21.6. The number of hydrogen-bond acceptors (Lipinski definition) is 10. The molecule has 4 bridgehead atoms. The molecule has 0 amide bonds. The summed E-state index contributed by atoms with van der Waals surface area (Å²) in [5.41, 5.74) is 3.77. The number of piperazine rings is 1. The number of fused-ring (bicyclic) bond motifs is 4. The summed E-state index contributed by atoms with van der Waals surface area (Å²) in [5.74, 6) is 4.05. The summed E-state index contributed by atoms with van der Waals surface area (Å²) in [6, 6.07) is 10.1. The second-order valence-corrected chi connectivity index (χ2v) is 10.5. The van der Waals surface area contributed by atoms with Gasteiger partial charge in [-0.25, -0.2) is 15.0 Å². The molecule has 10 nitrogen and oxygen atoms in total. The normalized spacial score (nSPS) is 18.3. The zero-order valence-corrected chi connectivity index (χ0v) is 30.6. The Morgan fingerprint density at radius 2 is 1.72 bits per heavy atom. The van der Waals surface area contributed by atoms with Crippen molar-refractivity contribution in [3.8, 4) is 22.6 Å². The van der Waals surface area contributed by atoms with Crippen LogP contribution in [0.3, 0.4) is 0 Å². The first kappa shape index (κ1) is 39.2. The number of aliphatic imine (C=N–C) groups is 1. The number of ether oxygens (including phenoxy) is 3. The van der Waals surface area contributed by atoms with E-state index in [0.29, 0.717) is 36.2 Å². The Morgan fingerprint density at radius 3 is 2.40 bits per heavy atom. The molecular weight excluding hydrogens is 590 g/mol. The number of pyridine rings is 1. The average molecular weight is 648 g/mol. The molecular formula is C37H57N7O3. The third kappa shape index (κ3) is 11.3. The van der Waals surface area contributed by atoms with Crippen LogP contribution >= 0.6 is 0 Å². The highest BCUT2D eigenvalue weighted by molar-refractivity contribution is 6.09. The lowest BCUT2D eigenvalue weighted by Crippen LogP contribution is -2.43. The van der Waals surface area contributed by atoms with Crippen LogP contribution in [0.2, 0.25) is 0 Å². The van der Waals surface area contributed by atoms with Gasteiger partial charge in [0.25, 0.3) is 0 Å². The van der Waals surface area contributed by atoms with Crippen molar-refractivity contribution in [3.63, 3.8) is 0 Å². The second kappa shape index (κ2) is 21.0. The van der Waals surface area contributed by atoms with Crippen molar-refractivity contribution in [3.05, 3.63) is 59.9 Å². The Morgan fingerprint density at radius 1 is 1.00 bits per heavy atom. The van der Waals surface area contributed by atoms with Crippen LogP contribution in [0, 0.1) is 0 Å². The SMILES string of the molecule is CC.CC.CC.CN=C/C1=C(\C)OCC[C@H](C)Oc2cc(ncc2-c2ccc(CN3CCN(C)CC3)c(OC)c2)Nc2ccnc1n2. The molecule has 4 heterocycles. The van der Waals surface area contributed by atoms with Crippen LogP contribution in [0.1, 0.15) is 73.2 Å². The maximum atomic E-state index is 6.50. The molecule has 0 aliphatic carbocycles. The second-order valence-electron chi connectivity index (χ2n) is 10.5. The number of hydrogen-bond donors (Lipinski definition) is 1. The van der Waals surface area contributed by atoms with Crippen LogP contribution in [0.4, 0.5) is 11.6 Å². The summed E-state index contributed by atoms with van der Waals surface area (Å²) in [5, 5.41) is 3.31. The summed E-state index contributed by atoms with van der Waals surface area (Å²) in [4.78, 5) is 22.9. The van der Waals surface area contributed by atoms with Gasteiger partial charge in [0.2, 0.25) is 0 Å². The fourth-order valence-corrected chi connectivity index (χ4v) is 4.97. The van der Waals surface area contributed by atoms with Crippen molar-refractivity contribution >= 4 is 23.4 Å². The van der Waals surface area contributed by atoms with Gasteiger partial charge in [-0.05, 0) is 38.6 Å². The molecule has 10 heteroatoms. The molecule has 258 valence electrons. The Labute approximate surface area is 283 Å². The lowest BCUT2D eigenvalue weighted by Gasteiger charge is -2.32. The van der Waals surface area contributed by atoms with Gasteiger partial charge in [-0.1, -0.05) is 53.7 Å². The predicted octanol–water partition coefficient (Wildman–Crippen LogP) is 7.74. The van der Waals surface area contributed by atoms with Gasteiger partial charge < -0.3 is 24.4 Å². The monoisotopic (exact) mass is 647 g/mol. The van der Waals surface area contributed by atoms with E-state index < -0.39 is 0 Å². The summed E-state index contributed by atoms with van der Waals surface area (Å²) >= 11 is 0. The number of aromatic nitrogens is 3. The number of allylic oxidation sites excluding steroid dienone is 2. The molecule has 2 aromatic heterocycles. The fraction of sp³-hybridized carbons (Fsp3) is 0.514. The highest BCUT2D eigenvalue weighted by atomic mass is 16.5. The minimum absolute atomic E-state index is 0.101. The molecule has 5 rings (SSSR count). The van der Waals surface area contributed by atoms with E-state index in [-0.39, 0.29) is 6.10 Å². The van der Waals surface area contributed by atoms with Gasteiger partial charge in [0, 0.05) is 82.0 Å². The van der Waals surface area contributed by atoms with E-state index in [9.17, 15) is 0 Å². The van der Waals surface area contributed by atoms with Gasteiger partial charge >= 0.3 is 0 Å². The average Bonchev–Trinajstić information content (AvgIpc) is 3.11. The topological polar surface area (TPSA) is 97.2 Å². The van der Waals surface area contributed by atoms with Crippen LogP contribution in [0.25, 0.3) is 16.7 Å². The molecule has 1 atom stereocenters. The van der Waals surface area contributed by atoms with E-state index in [1.54, 1.807) is 32.6 Å². The number of benzene rings is 1. The smallest absolute Gasteiger partial charge is 0.166 e. The third-order valence-electron chi connectivity index (χ3n) is 7.42. The molecule has 0 spiro atoms. The molecule has 1 aromatic carbocycles. The number of anilines is 2. The zero-order chi connectivity index (χ0) is 34.8. The van der Waals surface area contributed by atoms with Gasteiger partial charge in [0.15, 0.2) is 5.82 Å². The van der Waals surface area contributed by atoms with Gasteiger partial charge in [0.1, 0.15) is 28.9 Å². The van der Waals surface area contributed by atoms with Gasteiger partial charge in [-0.2, -0.15) is 0 Å². The largest absolute Gasteiger partial charge is 0.497 e. The fourth-order valence-electron chi connectivity index (χ4n) is 4.97. The first-order valence-electron chi connectivity index (χ1n) is 17.0. The molecule has 1 N–H and O–H groups in total. The molecule has 2 aliphatic rings. The number of rotatable bonds is 5. The highest BCUT2D eigenvalue weighted by Gasteiger charge is 2.19. The molecule has 2 aliphatic heterocycles. The molecule has 1 saturated heterocycles. The van der Waals surface area contributed by atoms with Crippen LogP contribution in [0.15, 0.2) is 53.5 Å². The maximum Gasteiger partial charge on any atom is 0.166 e. The maximum absolute atomic E-state index is 6.50. The number of nitrogens with zero attached hydrogens (tertiary/aromatic N) is 6. The summed E-state index contributed by atoms with van der Waals surface area (Å²) in [7, 11) is 5.62. The van der Waals surface area contributed by atoms with Crippen LogP contribution in [-0.2, 0) is 11.3 Å². The predicted molar refractivity (Wildman–Crippen MR) is 196 cm³/mol. The van der Waals surface area contributed by atoms with E-state index in [0.717, 1.165) is 60.9 Å². The van der Waals surface area contributed by atoms with E-state index in [4.69, 9.17) is 19.2 Å². The number of methoxy groups -OCH3 is 1. The van der Waals surface area contributed by atoms with E-state index >= 15 is 0 Å². The van der Waals surface area contributed by atoms with Crippen LogP contribution < -0.4 is 14.8 Å². The molecule has 0 saturated carbocycles. The number of nitrogens with one attached hydrogen (secondary N) is 1. The minimum Gasteiger partial charge on any atom is -0.497 e. The molecule has 0 radical (unpaired) electrons. The van der Waals surface area contributed by atoms with Crippen LogP contribution in [-0.4, -0.2) is 91.1 Å². The van der Waals surface area contributed by atoms with E-state index in [2.05, 4.69) is 55.3 Å². The van der Waals surface area contributed by atoms with E-state index in [1.165, 1.54) is 5.56 Å². The third-order valence-corrected chi connectivity index (χ3v) is 7.42. The molecule has 0 unspecified atom stereocenters. The van der Waals surface area contributed by atoms with Crippen molar-refractivity contribution in [1.29, 1.82) is 0 Å². The Balaban J connectivity index is 0.00000121. The minimum atomic E-state index is -0.101. The Kier molecular flexibility index (Phi) is 17.5.